The van der Waals surface area contributed by atoms with E-state index in [1.54, 1.807) is 31.2 Å². The topological polar surface area (TPSA) is 88.3 Å². The van der Waals surface area contributed by atoms with Crippen molar-refractivity contribution in [3.63, 3.8) is 0 Å². The monoisotopic (exact) mass is 358 g/mol. The van der Waals surface area contributed by atoms with Crippen LogP contribution in [0.4, 0.5) is 5.69 Å². The van der Waals surface area contributed by atoms with Crippen LogP contribution in [0.15, 0.2) is 28.8 Å². The lowest BCUT2D eigenvalue weighted by atomic mass is 10.1. The number of nitrogens with one attached hydrogen (secondary N) is 1. The SMILES string of the molecule is CCCN(CCC)C(=O)c1ccc(NC(=O)CCc2nc(C)no2)cc1. The lowest BCUT2D eigenvalue weighted by Crippen LogP contribution is -2.32. The number of hydrogen-bond donors (Lipinski definition) is 1. The Balaban J connectivity index is 1.89. The number of aromatic nitrogens is 2. The molecule has 0 aliphatic carbocycles. The van der Waals surface area contributed by atoms with Gasteiger partial charge in [0, 0.05) is 37.2 Å². The van der Waals surface area contributed by atoms with Crippen molar-refractivity contribution in [1.82, 2.24) is 15.0 Å². The van der Waals surface area contributed by atoms with Gasteiger partial charge in [0.05, 0.1) is 0 Å². The molecule has 0 fully saturated rings. The van der Waals surface area contributed by atoms with Gasteiger partial charge in [-0.2, -0.15) is 4.98 Å². The fourth-order valence-electron chi connectivity index (χ4n) is 2.62. The maximum Gasteiger partial charge on any atom is 0.253 e. The van der Waals surface area contributed by atoms with Crippen LogP contribution in [-0.2, 0) is 11.2 Å². The van der Waals surface area contributed by atoms with Crippen molar-refractivity contribution in [2.75, 3.05) is 18.4 Å². The predicted molar refractivity (Wildman–Crippen MR) is 98.9 cm³/mol. The summed E-state index contributed by atoms with van der Waals surface area (Å²) in [5, 5.41) is 6.50. The van der Waals surface area contributed by atoms with Crippen LogP contribution < -0.4 is 5.32 Å². The molecule has 0 aliphatic heterocycles. The van der Waals surface area contributed by atoms with Crippen molar-refractivity contribution < 1.29 is 14.1 Å². The first-order valence-electron chi connectivity index (χ1n) is 9.01. The number of amides is 2. The van der Waals surface area contributed by atoms with Crippen molar-refractivity contribution >= 4 is 17.5 Å². The summed E-state index contributed by atoms with van der Waals surface area (Å²) in [6.45, 7) is 7.35. The third kappa shape index (κ3) is 5.68. The van der Waals surface area contributed by atoms with E-state index in [4.69, 9.17) is 4.52 Å². The van der Waals surface area contributed by atoms with Gasteiger partial charge >= 0.3 is 0 Å². The Bertz CT molecular complexity index is 719. The van der Waals surface area contributed by atoms with E-state index < -0.39 is 0 Å². The molecule has 2 aromatic rings. The molecule has 0 unspecified atom stereocenters. The van der Waals surface area contributed by atoms with Crippen LogP contribution >= 0.6 is 0 Å². The molecular formula is C19H26N4O3. The van der Waals surface area contributed by atoms with E-state index >= 15 is 0 Å². The Morgan fingerprint density at radius 3 is 2.31 bits per heavy atom. The van der Waals surface area contributed by atoms with Crippen LogP contribution in [0.2, 0.25) is 0 Å². The summed E-state index contributed by atoms with van der Waals surface area (Å²) in [4.78, 5) is 30.5. The van der Waals surface area contributed by atoms with Gasteiger partial charge in [-0.05, 0) is 44.0 Å². The summed E-state index contributed by atoms with van der Waals surface area (Å²) in [6, 6.07) is 6.99. The van der Waals surface area contributed by atoms with Crippen molar-refractivity contribution in [3.8, 4) is 0 Å². The Hall–Kier alpha value is -2.70. The number of aryl methyl sites for hydroxylation is 2. The third-order valence-corrected chi connectivity index (χ3v) is 3.83. The van der Waals surface area contributed by atoms with E-state index in [1.807, 2.05) is 4.90 Å². The van der Waals surface area contributed by atoms with E-state index in [9.17, 15) is 9.59 Å². The molecule has 7 heteroatoms. The van der Waals surface area contributed by atoms with Crippen LogP contribution in [0.1, 0.15) is 55.2 Å². The summed E-state index contributed by atoms with van der Waals surface area (Å²) in [5.74, 6) is 0.892. The predicted octanol–water partition coefficient (Wildman–Crippen LogP) is 3.21. The van der Waals surface area contributed by atoms with Crippen molar-refractivity contribution in [2.45, 2.75) is 46.5 Å². The largest absolute Gasteiger partial charge is 0.339 e. The van der Waals surface area contributed by atoms with Gasteiger partial charge in [0.2, 0.25) is 11.8 Å². The fourth-order valence-corrected chi connectivity index (χ4v) is 2.62. The summed E-state index contributed by atoms with van der Waals surface area (Å²) in [5.41, 5.74) is 1.29. The van der Waals surface area contributed by atoms with Gasteiger partial charge in [-0.3, -0.25) is 9.59 Å². The average Bonchev–Trinajstić information content (AvgIpc) is 3.05. The highest BCUT2D eigenvalue weighted by Gasteiger charge is 2.14. The molecule has 0 saturated heterocycles. The lowest BCUT2D eigenvalue weighted by molar-refractivity contribution is -0.116. The smallest absolute Gasteiger partial charge is 0.253 e. The Labute approximate surface area is 153 Å². The Morgan fingerprint density at radius 2 is 1.77 bits per heavy atom. The molecule has 0 atom stereocenters. The van der Waals surface area contributed by atoms with E-state index in [2.05, 4.69) is 29.3 Å². The minimum Gasteiger partial charge on any atom is -0.339 e. The zero-order valence-electron chi connectivity index (χ0n) is 15.6. The zero-order chi connectivity index (χ0) is 18.9. The summed E-state index contributed by atoms with van der Waals surface area (Å²) < 4.78 is 4.99. The second-order valence-electron chi connectivity index (χ2n) is 6.15. The lowest BCUT2D eigenvalue weighted by Gasteiger charge is -2.21. The normalized spacial score (nSPS) is 10.6. The molecule has 140 valence electrons. The molecule has 0 aliphatic rings. The number of anilines is 1. The molecular weight excluding hydrogens is 332 g/mol. The molecule has 1 heterocycles. The van der Waals surface area contributed by atoms with Gasteiger partial charge in [-0.1, -0.05) is 19.0 Å². The third-order valence-electron chi connectivity index (χ3n) is 3.83. The van der Waals surface area contributed by atoms with E-state index in [0.717, 1.165) is 25.9 Å². The first-order valence-corrected chi connectivity index (χ1v) is 9.01. The molecule has 26 heavy (non-hydrogen) atoms. The molecule has 0 radical (unpaired) electrons. The van der Waals surface area contributed by atoms with Crippen LogP contribution in [-0.4, -0.2) is 39.9 Å². The molecule has 1 aromatic carbocycles. The van der Waals surface area contributed by atoms with Gasteiger partial charge < -0.3 is 14.7 Å². The summed E-state index contributed by atoms with van der Waals surface area (Å²) >= 11 is 0. The number of rotatable bonds is 9. The molecule has 7 nitrogen and oxygen atoms in total. The second kappa shape index (κ2) is 9.70. The highest BCUT2D eigenvalue weighted by molar-refractivity contribution is 5.95. The van der Waals surface area contributed by atoms with E-state index in [1.165, 1.54) is 0 Å². The first-order chi connectivity index (χ1) is 12.5. The Kier molecular flexibility index (Phi) is 7.32. The molecule has 0 spiro atoms. The molecule has 2 amide bonds. The van der Waals surface area contributed by atoms with E-state index in [-0.39, 0.29) is 18.2 Å². The molecule has 0 bridgehead atoms. The molecule has 2 rings (SSSR count). The standard InChI is InChI=1S/C19H26N4O3/c1-4-12-23(13-5-2)19(25)15-6-8-16(9-7-15)21-17(24)10-11-18-20-14(3)22-26-18/h6-9H,4-5,10-13H2,1-3H3,(H,21,24). The molecule has 1 aromatic heterocycles. The van der Waals surface area contributed by atoms with Crippen molar-refractivity contribution in [1.29, 1.82) is 0 Å². The molecule has 0 saturated carbocycles. The maximum absolute atomic E-state index is 12.5. The number of carbonyl (C=O) groups excluding carboxylic acids is 2. The van der Waals surface area contributed by atoms with Crippen LogP contribution in [0.3, 0.4) is 0 Å². The minimum absolute atomic E-state index is 0.0262. The number of carbonyl (C=O) groups is 2. The van der Waals surface area contributed by atoms with Gasteiger partial charge in [0.15, 0.2) is 5.82 Å². The second-order valence-corrected chi connectivity index (χ2v) is 6.15. The molecule has 1 N–H and O–H groups in total. The van der Waals surface area contributed by atoms with Crippen LogP contribution in [0.25, 0.3) is 0 Å². The number of nitrogens with zero attached hydrogens (tertiary/aromatic N) is 3. The highest BCUT2D eigenvalue weighted by atomic mass is 16.5. The number of hydrogen-bond acceptors (Lipinski definition) is 5. The van der Waals surface area contributed by atoms with Crippen LogP contribution in [0.5, 0.6) is 0 Å². The minimum atomic E-state index is -0.140. The average molecular weight is 358 g/mol. The van der Waals surface area contributed by atoms with E-state index in [0.29, 0.717) is 29.4 Å². The zero-order valence-corrected chi connectivity index (χ0v) is 15.6. The van der Waals surface area contributed by atoms with Gasteiger partial charge in [0.1, 0.15) is 0 Å². The fraction of sp³-hybridized carbons (Fsp3) is 0.474. The summed E-state index contributed by atoms with van der Waals surface area (Å²) in [7, 11) is 0. The quantitative estimate of drug-likeness (QED) is 0.743. The van der Waals surface area contributed by atoms with Gasteiger partial charge in [-0.15, -0.1) is 0 Å². The van der Waals surface area contributed by atoms with Gasteiger partial charge in [0.25, 0.3) is 5.91 Å². The Morgan fingerprint density at radius 1 is 1.12 bits per heavy atom. The highest BCUT2D eigenvalue weighted by Crippen LogP contribution is 2.13. The maximum atomic E-state index is 12.5. The van der Waals surface area contributed by atoms with Crippen molar-refractivity contribution in [2.24, 2.45) is 0 Å². The van der Waals surface area contributed by atoms with Crippen molar-refractivity contribution in [3.05, 3.63) is 41.5 Å². The van der Waals surface area contributed by atoms with Crippen LogP contribution in [0, 0.1) is 6.92 Å². The number of benzene rings is 1. The first kappa shape index (κ1) is 19.6. The van der Waals surface area contributed by atoms with Gasteiger partial charge in [-0.25, -0.2) is 0 Å². The summed E-state index contributed by atoms with van der Waals surface area (Å²) in [6.07, 6.45) is 2.51.